The zero-order valence-electron chi connectivity index (χ0n) is 15.1. The van der Waals surface area contributed by atoms with Gasteiger partial charge in [0.15, 0.2) is 0 Å². The molecule has 28 heavy (non-hydrogen) atoms. The highest BCUT2D eigenvalue weighted by molar-refractivity contribution is 6.11. The van der Waals surface area contributed by atoms with Gasteiger partial charge in [-0.15, -0.1) is 0 Å². The molecule has 6 heteroatoms. The first-order chi connectivity index (χ1) is 13.6. The van der Waals surface area contributed by atoms with E-state index in [1.807, 2.05) is 30.3 Å². The minimum absolute atomic E-state index is 0.0489. The molecule has 5 N–H and O–H groups in total. The Morgan fingerprint density at radius 1 is 1.07 bits per heavy atom. The standard InChI is InChI=1S/C22H20N4O2/c23-11-15-4-1-5-16(10-15)13-25-14-17(12-24)22(28)26-20-8-2-7-19-18(20)6-3-9-21(19)27/h1-10,14,25,27H,11,13,23H2,(H,26,28)/b17-14-. The topological polar surface area (TPSA) is 111 Å². The summed E-state index contributed by atoms with van der Waals surface area (Å²) in [6.45, 7) is 0.921. The molecular formula is C22H20N4O2. The van der Waals surface area contributed by atoms with Crippen LogP contribution in [0.1, 0.15) is 11.1 Å². The fourth-order valence-electron chi connectivity index (χ4n) is 2.88. The number of hydrogen-bond donors (Lipinski definition) is 4. The molecule has 0 heterocycles. The highest BCUT2D eigenvalue weighted by Gasteiger charge is 2.12. The number of rotatable bonds is 6. The number of nitrogens with two attached hydrogens (primary N) is 1. The summed E-state index contributed by atoms with van der Waals surface area (Å²) in [5.74, 6) is -0.396. The van der Waals surface area contributed by atoms with E-state index in [9.17, 15) is 15.2 Å². The average molecular weight is 372 g/mol. The summed E-state index contributed by atoms with van der Waals surface area (Å²) in [7, 11) is 0. The Labute approximate surface area is 162 Å². The molecule has 0 aromatic heterocycles. The summed E-state index contributed by atoms with van der Waals surface area (Å²) in [6, 6.07) is 20.0. The van der Waals surface area contributed by atoms with Gasteiger partial charge in [0.1, 0.15) is 17.4 Å². The van der Waals surface area contributed by atoms with E-state index in [0.717, 1.165) is 11.1 Å². The lowest BCUT2D eigenvalue weighted by molar-refractivity contribution is -0.112. The fourth-order valence-corrected chi connectivity index (χ4v) is 2.88. The number of phenols is 1. The number of anilines is 1. The van der Waals surface area contributed by atoms with E-state index < -0.39 is 5.91 Å². The minimum Gasteiger partial charge on any atom is -0.507 e. The zero-order chi connectivity index (χ0) is 19.9. The van der Waals surface area contributed by atoms with E-state index in [-0.39, 0.29) is 11.3 Å². The maximum atomic E-state index is 12.5. The maximum Gasteiger partial charge on any atom is 0.267 e. The molecule has 3 aromatic rings. The molecule has 0 aliphatic rings. The van der Waals surface area contributed by atoms with Crippen molar-refractivity contribution in [2.75, 3.05) is 5.32 Å². The highest BCUT2D eigenvalue weighted by Crippen LogP contribution is 2.29. The van der Waals surface area contributed by atoms with Crippen molar-refractivity contribution < 1.29 is 9.90 Å². The van der Waals surface area contributed by atoms with E-state index in [1.54, 1.807) is 36.4 Å². The third-order valence-electron chi connectivity index (χ3n) is 4.29. The lowest BCUT2D eigenvalue weighted by atomic mass is 10.1. The number of fused-ring (bicyclic) bond motifs is 1. The number of benzene rings is 3. The van der Waals surface area contributed by atoms with Gasteiger partial charge in [0.2, 0.25) is 0 Å². The molecule has 0 saturated carbocycles. The van der Waals surface area contributed by atoms with Gasteiger partial charge in [-0.2, -0.15) is 5.26 Å². The first-order valence-corrected chi connectivity index (χ1v) is 8.76. The smallest absolute Gasteiger partial charge is 0.267 e. The van der Waals surface area contributed by atoms with Crippen molar-refractivity contribution in [2.45, 2.75) is 13.1 Å². The third kappa shape index (κ3) is 4.29. The van der Waals surface area contributed by atoms with Gasteiger partial charge < -0.3 is 21.5 Å². The molecule has 0 bridgehead atoms. The van der Waals surface area contributed by atoms with Crippen LogP contribution in [0.25, 0.3) is 10.8 Å². The summed E-state index contributed by atoms with van der Waals surface area (Å²) in [5, 5.41) is 26.3. The molecule has 0 aliphatic heterocycles. The van der Waals surface area contributed by atoms with Gasteiger partial charge in [0, 0.05) is 35.7 Å². The second kappa shape index (κ2) is 8.71. The largest absolute Gasteiger partial charge is 0.507 e. The summed E-state index contributed by atoms with van der Waals surface area (Å²) in [5.41, 5.74) is 8.13. The van der Waals surface area contributed by atoms with Crippen LogP contribution in [0.4, 0.5) is 5.69 Å². The van der Waals surface area contributed by atoms with Crippen molar-refractivity contribution in [3.05, 3.63) is 83.6 Å². The molecule has 3 rings (SSSR count). The minimum atomic E-state index is -0.526. The van der Waals surface area contributed by atoms with Gasteiger partial charge in [0.25, 0.3) is 5.91 Å². The van der Waals surface area contributed by atoms with Crippen LogP contribution in [0, 0.1) is 11.3 Å². The van der Waals surface area contributed by atoms with Gasteiger partial charge in [0.05, 0.1) is 0 Å². The van der Waals surface area contributed by atoms with E-state index in [2.05, 4.69) is 10.6 Å². The molecule has 6 nitrogen and oxygen atoms in total. The molecule has 0 spiro atoms. The van der Waals surface area contributed by atoms with Gasteiger partial charge in [-0.25, -0.2) is 0 Å². The first-order valence-electron chi connectivity index (χ1n) is 8.76. The summed E-state index contributed by atoms with van der Waals surface area (Å²) in [6.07, 6.45) is 1.40. The molecule has 0 unspecified atom stereocenters. The Balaban J connectivity index is 1.72. The third-order valence-corrected chi connectivity index (χ3v) is 4.29. The first kappa shape index (κ1) is 19.0. The number of nitrogens with zero attached hydrogens (tertiary/aromatic N) is 1. The predicted molar refractivity (Wildman–Crippen MR) is 109 cm³/mol. The SMILES string of the molecule is N#C/C(=C/NCc1cccc(CN)c1)C(=O)Nc1cccc2c(O)cccc12. The van der Waals surface area contributed by atoms with Crippen LogP contribution in [0.3, 0.4) is 0 Å². The number of carbonyl (C=O) groups excluding carboxylic acids is 1. The van der Waals surface area contributed by atoms with E-state index in [0.29, 0.717) is 29.5 Å². The van der Waals surface area contributed by atoms with Crippen molar-refractivity contribution >= 4 is 22.4 Å². The Morgan fingerprint density at radius 2 is 1.79 bits per heavy atom. The van der Waals surface area contributed by atoms with E-state index >= 15 is 0 Å². The second-order valence-corrected chi connectivity index (χ2v) is 6.21. The summed E-state index contributed by atoms with van der Waals surface area (Å²) < 4.78 is 0. The number of phenolic OH excluding ortho intramolecular Hbond substituents is 1. The van der Waals surface area contributed by atoms with Crippen LogP contribution in [-0.2, 0) is 17.9 Å². The van der Waals surface area contributed by atoms with Crippen LogP contribution >= 0.6 is 0 Å². The van der Waals surface area contributed by atoms with Gasteiger partial charge in [-0.05, 0) is 23.3 Å². The van der Waals surface area contributed by atoms with Gasteiger partial charge in [-0.1, -0.05) is 48.5 Å². The normalized spacial score (nSPS) is 11.1. The molecule has 3 aromatic carbocycles. The van der Waals surface area contributed by atoms with Crippen LogP contribution in [0.5, 0.6) is 5.75 Å². The number of amides is 1. The number of hydrogen-bond acceptors (Lipinski definition) is 5. The van der Waals surface area contributed by atoms with Crippen molar-refractivity contribution in [2.24, 2.45) is 5.73 Å². The molecule has 1 amide bonds. The lowest BCUT2D eigenvalue weighted by Gasteiger charge is -2.09. The molecule has 0 fully saturated rings. The quantitative estimate of drug-likeness (QED) is 0.392. The number of aromatic hydroxyl groups is 1. The molecular weight excluding hydrogens is 352 g/mol. The monoisotopic (exact) mass is 372 g/mol. The molecule has 140 valence electrons. The van der Waals surface area contributed by atoms with Crippen LogP contribution in [0.2, 0.25) is 0 Å². The Kier molecular flexibility index (Phi) is 5.90. The fraction of sp³-hybridized carbons (Fsp3) is 0.0909. The van der Waals surface area contributed by atoms with Crippen molar-refractivity contribution in [3.8, 4) is 11.8 Å². The lowest BCUT2D eigenvalue weighted by Crippen LogP contribution is -2.17. The number of carbonyl (C=O) groups is 1. The second-order valence-electron chi connectivity index (χ2n) is 6.21. The molecule has 0 saturated heterocycles. The Morgan fingerprint density at radius 3 is 2.57 bits per heavy atom. The Hall–Kier alpha value is -3.82. The van der Waals surface area contributed by atoms with Crippen LogP contribution in [0.15, 0.2) is 72.4 Å². The molecule has 0 aliphatic carbocycles. The zero-order valence-corrected chi connectivity index (χ0v) is 15.1. The van der Waals surface area contributed by atoms with Crippen molar-refractivity contribution in [1.29, 1.82) is 5.26 Å². The van der Waals surface area contributed by atoms with Crippen LogP contribution < -0.4 is 16.4 Å². The molecule has 0 radical (unpaired) electrons. The van der Waals surface area contributed by atoms with Crippen molar-refractivity contribution in [3.63, 3.8) is 0 Å². The maximum absolute atomic E-state index is 12.5. The Bertz CT molecular complexity index is 1080. The number of nitrogens with one attached hydrogen (secondary N) is 2. The van der Waals surface area contributed by atoms with Gasteiger partial charge >= 0.3 is 0 Å². The van der Waals surface area contributed by atoms with Crippen LogP contribution in [-0.4, -0.2) is 11.0 Å². The van der Waals surface area contributed by atoms with Crippen molar-refractivity contribution in [1.82, 2.24) is 5.32 Å². The molecule has 0 atom stereocenters. The highest BCUT2D eigenvalue weighted by atomic mass is 16.3. The van der Waals surface area contributed by atoms with E-state index in [1.165, 1.54) is 6.20 Å². The number of nitriles is 1. The predicted octanol–water partition coefficient (Wildman–Crippen LogP) is 3.14. The average Bonchev–Trinajstić information content (AvgIpc) is 2.72. The van der Waals surface area contributed by atoms with E-state index in [4.69, 9.17) is 5.73 Å². The van der Waals surface area contributed by atoms with Gasteiger partial charge in [-0.3, -0.25) is 4.79 Å². The summed E-state index contributed by atoms with van der Waals surface area (Å²) >= 11 is 0. The summed E-state index contributed by atoms with van der Waals surface area (Å²) in [4.78, 5) is 12.5.